The van der Waals surface area contributed by atoms with Crippen LogP contribution in [-0.2, 0) is 9.47 Å². The van der Waals surface area contributed by atoms with Gasteiger partial charge < -0.3 is 14.8 Å². The summed E-state index contributed by atoms with van der Waals surface area (Å²) < 4.78 is 10.3. The Kier molecular flexibility index (Phi) is 10.4. The van der Waals surface area contributed by atoms with Crippen molar-refractivity contribution in [3.05, 3.63) is 0 Å². The fraction of sp³-hybridized carbons (Fsp3) is 0.938. The highest BCUT2D eigenvalue weighted by Gasteiger charge is 2.16. The predicted octanol–water partition coefficient (Wildman–Crippen LogP) is 3.04. The molecule has 126 valence electrons. The largest absolute Gasteiger partial charge is 0.444 e. The maximum absolute atomic E-state index is 11.6. The molecular formula is C16H34N2O3. The number of rotatable bonds is 10. The third kappa shape index (κ3) is 11.5. The van der Waals surface area contributed by atoms with Gasteiger partial charge >= 0.3 is 6.09 Å². The minimum absolute atomic E-state index is 0.342. The summed E-state index contributed by atoms with van der Waals surface area (Å²) >= 11 is 0. The Morgan fingerprint density at radius 3 is 2.43 bits per heavy atom. The number of nitrogens with one attached hydrogen (secondary N) is 1. The molecule has 0 radical (unpaired) electrons. The van der Waals surface area contributed by atoms with E-state index < -0.39 is 5.60 Å². The molecule has 1 amide bonds. The van der Waals surface area contributed by atoms with Crippen molar-refractivity contribution in [3.8, 4) is 0 Å². The third-order valence-electron chi connectivity index (χ3n) is 3.33. The summed E-state index contributed by atoms with van der Waals surface area (Å²) in [7, 11) is 1.73. The number of ether oxygens (including phenoxy) is 2. The van der Waals surface area contributed by atoms with Crippen LogP contribution in [0.1, 0.15) is 53.9 Å². The van der Waals surface area contributed by atoms with Crippen LogP contribution in [-0.4, -0.2) is 56.0 Å². The summed E-state index contributed by atoms with van der Waals surface area (Å²) in [6.45, 7) is 13.3. The van der Waals surface area contributed by atoms with Crippen LogP contribution in [0.4, 0.5) is 4.79 Å². The highest BCUT2D eigenvalue weighted by molar-refractivity contribution is 5.67. The molecule has 21 heavy (non-hydrogen) atoms. The van der Waals surface area contributed by atoms with E-state index in [1.807, 2.05) is 20.8 Å². The lowest BCUT2D eigenvalue weighted by Crippen LogP contribution is -2.41. The zero-order chi connectivity index (χ0) is 16.3. The Hall–Kier alpha value is -0.810. The topological polar surface area (TPSA) is 50.8 Å². The molecule has 0 bridgehead atoms. The van der Waals surface area contributed by atoms with Crippen molar-refractivity contribution in [2.24, 2.45) is 0 Å². The number of alkyl carbamates (subject to hydrolysis) is 1. The zero-order valence-corrected chi connectivity index (χ0v) is 14.7. The van der Waals surface area contributed by atoms with E-state index in [0.29, 0.717) is 12.6 Å². The molecule has 0 aliphatic heterocycles. The molecule has 5 nitrogen and oxygen atoms in total. The first kappa shape index (κ1) is 20.2. The van der Waals surface area contributed by atoms with Crippen molar-refractivity contribution < 1.29 is 14.3 Å². The van der Waals surface area contributed by atoms with Crippen LogP contribution in [0.15, 0.2) is 0 Å². The summed E-state index contributed by atoms with van der Waals surface area (Å²) in [6, 6.07) is 0.521. The first-order valence-electron chi connectivity index (χ1n) is 8.00. The van der Waals surface area contributed by atoms with Gasteiger partial charge in [-0.2, -0.15) is 0 Å². The summed E-state index contributed by atoms with van der Waals surface area (Å²) in [5, 5.41) is 2.82. The van der Waals surface area contributed by atoms with Crippen LogP contribution in [0.5, 0.6) is 0 Å². The maximum Gasteiger partial charge on any atom is 0.407 e. The van der Waals surface area contributed by atoms with E-state index in [0.717, 1.165) is 39.0 Å². The molecule has 5 heteroatoms. The molecular weight excluding hydrogens is 268 g/mol. The Morgan fingerprint density at radius 1 is 1.24 bits per heavy atom. The van der Waals surface area contributed by atoms with Gasteiger partial charge in [0.2, 0.25) is 0 Å². The first-order chi connectivity index (χ1) is 9.80. The number of unbranched alkanes of at least 4 members (excludes halogenated alkanes) is 1. The smallest absolute Gasteiger partial charge is 0.407 e. The average molecular weight is 302 g/mol. The van der Waals surface area contributed by atoms with Gasteiger partial charge in [0.15, 0.2) is 0 Å². The molecule has 0 fully saturated rings. The number of nitrogens with zero attached hydrogens (tertiary/aromatic N) is 1. The Morgan fingerprint density at radius 2 is 1.90 bits per heavy atom. The van der Waals surface area contributed by atoms with Gasteiger partial charge in [-0.25, -0.2) is 4.79 Å². The lowest BCUT2D eigenvalue weighted by Gasteiger charge is -2.28. The van der Waals surface area contributed by atoms with E-state index in [1.165, 1.54) is 0 Å². The second-order valence-electron chi connectivity index (χ2n) is 6.42. The summed E-state index contributed by atoms with van der Waals surface area (Å²) in [5.74, 6) is 0. The predicted molar refractivity (Wildman–Crippen MR) is 86.7 cm³/mol. The zero-order valence-electron chi connectivity index (χ0n) is 14.7. The number of methoxy groups -OCH3 is 1. The molecule has 0 saturated carbocycles. The molecule has 0 aromatic rings. The van der Waals surface area contributed by atoms with E-state index in [-0.39, 0.29) is 6.09 Å². The number of hydrogen-bond donors (Lipinski definition) is 1. The number of hydrogen-bond acceptors (Lipinski definition) is 4. The van der Waals surface area contributed by atoms with Crippen molar-refractivity contribution in [2.75, 3.05) is 33.4 Å². The quantitative estimate of drug-likeness (QED) is 0.630. The van der Waals surface area contributed by atoms with Crippen LogP contribution >= 0.6 is 0 Å². The molecule has 0 saturated heterocycles. The van der Waals surface area contributed by atoms with Crippen LogP contribution in [0.2, 0.25) is 0 Å². The highest BCUT2D eigenvalue weighted by Crippen LogP contribution is 2.07. The summed E-state index contributed by atoms with van der Waals surface area (Å²) in [5.41, 5.74) is -0.444. The van der Waals surface area contributed by atoms with Crippen molar-refractivity contribution in [3.63, 3.8) is 0 Å². The molecule has 0 heterocycles. The normalized spacial score (nSPS) is 13.3. The standard InChI is InChI=1S/C16H34N2O3/c1-7-14(2)18(11-8-9-13-20-6)12-10-17-15(19)21-16(3,4)5/h14H,7-13H2,1-6H3,(H,17,19)/t14-/m1/s1. The second kappa shape index (κ2) is 10.9. The molecule has 1 atom stereocenters. The third-order valence-corrected chi connectivity index (χ3v) is 3.33. The molecule has 0 aliphatic carbocycles. The van der Waals surface area contributed by atoms with Gasteiger partial charge in [-0.05, 0) is 53.5 Å². The van der Waals surface area contributed by atoms with Gasteiger partial charge in [0.1, 0.15) is 5.60 Å². The monoisotopic (exact) mass is 302 g/mol. The van der Waals surface area contributed by atoms with Crippen LogP contribution in [0, 0.1) is 0 Å². The molecule has 0 spiro atoms. The van der Waals surface area contributed by atoms with Crippen molar-refractivity contribution in [1.82, 2.24) is 10.2 Å². The van der Waals surface area contributed by atoms with Gasteiger partial charge in [-0.3, -0.25) is 4.90 Å². The van der Waals surface area contributed by atoms with Gasteiger partial charge in [-0.1, -0.05) is 6.92 Å². The maximum atomic E-state index is 11.6. The number of carbonyl (C=O) groups excluding carboxylic acids is 1. The molecule has 0 aromatic carbocycles. The minimum atomic E-state index is -0.444. The number of amides is 1. The first-order valence-corrected chi connectivity index (χ1v) is 8.00. The van der Waals surface area contributed by atoms with Gasteiger partial charge in [-0.15, -0.1) is 0 Å². The van der Waals surface area contributed by atoms with Gasteiger partial charge in [0, 0.05) is 32.8 Å². The fourth-order valence-electron chi connectivity index (χ4n) is 1.99. The molecule has 0 aliphatic rings. The van der Waals surface area contributed by atoms with E-state index in [1.54, 1.807) is 7.11 Å². The Labute approximate surface area is 130 Å². The summed E-state index contributed by atoms with van der Waals surface area (Å²) in [4.78, 5) is 14.0. The fourth-order valence-corrected chi connectivity index (χ4v) is 1.99. The molecule has 0 unspecified atom stereocenters. The lowest BCUT2D eigenvalue weighted by molar-refractivity contribution is 0.0518. The van der Waals surface area contributed by atoms with Crippen LogP contribution < -0.4 is 5.32 Å². The van der Waals surface area contributed by atoms with Crippen molar-refractivity contribution >= 4 is 6.09 Å². The van der Waals surface area contributed by atoms with Crippen molar-refractivity contribution in [2.45, 2.75) is 65.5 Å². The summed E-state index contributed by atoms with van der Waals surface area (Å²) in [6.07, 6.45) is 2.95. The van der Waals surface area contributed by atoms with Gasteiger partial charge in [0.25, 0.3) is 0 Å². The SMILES string of the molecule is CC[C@@H](C)N(CCCCOC)CCNC(=O)OC(C)(C)C. The van der Waals surface area contributed by atoms with Crippen LogP contribution in [0.25, 0.3) is 0 Å². The second-order valence-corrected chi connectivity index (χ2v) is 6.42. The average Bonchev–Trinajstić information content (AvgIpc) is 2.38. The van der Waals surface area contributed by atoms with Gasteiger partial charge in [0.05, 0.1) is 0 Å². The van der Waals surface area contributed by atoms with E-state index in [9.17, 15) is 4.79 Å². The van der Waals surface area contributed by atoms with E-state index in [4.69, 9.17) is 9.47 Å². The van der Waals surface area contributed by atoms with E-state index >= 15 is 0 Å². The van der Waals surface area contributed by atoms with Crippen molar-refractivity contribution in [1.29, 1.82) is 0 Å². The van der Waals surface area contributed by atoms with E-state index in [2.05, 4.69) is 24.1 Å². The lowest BCUT2D eigenvalue weighted by atomic mass is 10.2. The van der Waals surface area contributed by atoms with Crippen LogP contribution in [0.3, 0.4) is 0 Å². The Balaban J connectivity index is 4.03. The Bertz CT molecular complexity index is 277. The molecule has 0 aromatic heterocycles. The molecule has 0 rings (SSSR count). The highest BCUT2D eigenvalue weighted by atomic mass is 16.6. The molecule has 1 N–H and O–H groups in total. The number of carbonyl (C=O) groups is 1. The minimum Gasteiger partial charge on any atom is -0.444 e.